The monoisotopic (exact) mass is 184 g/mol. The van der Waals surface area contributed by atoms with Gasteiger partial charge in [-0.2, -0.15) is 0 Å². The van der Waals surface area contributed by atoms with Crippen molar-refractivity contribution in [1.29, 1.82) is 0 Å². The van der Waals surface area contributed by atoms with Crippen molar-refractivity contribution in [3.63, 3.8) is 0 Å². The van der Waals surface area contributed by atoms with Crippen LogP contribution >= 0.6 is 0 Å². The number of para-hydroxylation sites is 1. The van der Waals surface area contributed by atoms with Crippen molar-refractivity contribution in [3.8, 4) is 5.75 Å². The highest BCUT2D eigenvalue weighted by Crippen LogP contribution is 2.17. The van der Waals surface area contributed by atoms with Gasteiger partial charge in [-0.25, -0.2) is 0 Å². The van der Waals surface area contributed by atoms with E-state index in [0.717, 1.165) is 11.3 Å². The summed E-state index contributed by atoms with van der Waals surface area (Å²) in [4.78, 5) is 0. The second-order valence-corrected chi connectivity index (χ2v) is 2.59. The predicted octanol–water partition coefficient (Wildman–Crippen LogP) is 3.20. The standard InChI is InChI=1S/C13H12O/c1-3-4-5-6-9-12-10-7-8-11-13(12)14-2/h4-5,7-11H,1H2,2H3. The third kappa shape index (κ3) is 2.84. The van der Waals surface area contributed by atoms with Crippen LogP contribution in [0.15, 0.2) is 54.5 Å². The highest BCUT2D eigenvalue weighted by Gasteiger charge is 1.94. The fraction of sp³-hybridized carbons (Fsp3) is 0.0769. The van der Waals surface area contributed by atoms with Crippen molar-refractivity contribution in [2.45, 2.75) is 0 Å². The van der Waals surface area contributed by atoms with Crippen LogP contribution in [0.4, 0.5) is 0 Å². The quantitative estimate of drug-likeness (QED) is 0.517. The third-order valence-corrected chi connectivity index (χ3v) is 1.68. The van der Waals surface area contributed by atoms with Crippen LogP contribution in [-0.4, -0.2) is 7.11 Å². The first kappa shape index (κ1) is 10.1. The highest BCUT2D eigenvalue weighted by atomic mass is 16.5. The van der Waals surface area contributed by atoms with E-state index in [-0.39, 0.29) is 0 Å². The Morgan fingerprint density at radius 1 is 1.29 bits per heavy atom. The molecule has 1 heteroatoms. The van der Waals surface area contributed by atoms with Crippen LogP contribution in [0.25, 0.3) is 6.08 Å². The number of hydrogen-bond acceptors (Lipinski definition) is 1. The molecule has 70 valence electrons. The number of allylic oxidation sites excluding steroid dienone is 2. The lowest BCUT2D eigenvalue weighted by Gasteiger charge is -2.01. The molecule has 1 rings (SSSR count). The van der Waals surface area contributed by atoms with Gasteiger partial charge in [0.25, 0.3) is 0 Å². The molecule has 0 aliphatic rings. The summed E-state index contributed by atoms with van der Waals surface area (Å²) >= 11 is 0. The smallest absolute Gasteiger partial charge is 0.126 e. The summed E-state index contributed by atoms with van der Waals surface area (Å²) in [5, 5.41) is 0. The molecule has 0 aliphatic heterocycles. The van der Waals surface area contributed by atoms with E-state index in [4.69, 9.17) is 4.74 Å². The zero-order valence-corrected chi connectivity index (χ0v) is 8.16. The van der Waals surface area contributed by atoms with E-state index in [1.54, 1.807) is 19.3 Å². The molecule has 14 heavy (non-hydrogen) atoms. The summed E-state index contributed by atoms with van der Waals surface area (Å²) in [6, 6.07) is 7.77. The van der Waals surface area contributed by atoms with Gasteiger partial charge >= 0.3 is 0 Å². The maximum atomic E-state index is 5.18. The molecule has 0 amide bonds. The van der Waals surface area contributed by atoms with Crippen molar-refractivity contribution >= 4 is 6.08 Å². The van der Waals surface area contributed by atoms with E-state index in [0.29, 0.717) is 0 Å². The molecule has 0 spiro atoms. The first-order valence-corrected chi connectivity index (χ1v) is 4.28. The van der Waals surface area contributed by atoms with Crippen LogP contribution in [0.1, 0.15) is 5.56 Å². The minimum absolute atomic E-state index is 0.844. The van der Waals surface area contributed by atoms with Gasteiger partial charge in [0.2, 0.25) is 0 Å². The Kier molecular flexibility index (Phi) is 4.10. The molecule has 0 bridgehead atoms. The van der Waals surface area contributed by atoms with Gasteiger partial charge in [0.1, 0.15) is 5.75 Å². The summed E-state index contributed by atoms with van der Waals surface area (Å²) in [7, 11) is 1.65. The van der Waals surface area contributed by atoms with Crippen LogP contribution < -0.4 is 4.74 Å². The molecule has 0 atom stereocenters. The SMILES string of the molecule is C=C=CC=C=Cc1ccccc1OC. The lowest BCUT2D eigenvalue weighted by Crippen LogP contribution is -1.84. The fourth-order valence-electron chi connectivity index (χ4n) is 1.03. The van der Waals surface area contributed by atoms with Gasteiger partial charge in [-0.3, -0.25) is 0 Å². The molecule has 0 heterocycles. The molecular weight excluding hydrogens is 172 g/mol. The van der Waals surface area contributed by atoms with Gasteiger partial charge < -0.3 is 4.74 Å². The topological polar surface area (TPSA) is 9.23 Å². The minimum Gasteiger partial charge on any atom is -0.496 e. The van der Waals surface area contributed by atoms with Crippen molar-refractivity contribution in [3.05, 3.63) is 60.0 Å². The Labute approximate surface area is 84.3 Å². The Morgan fingerprint density at radius 3 is 2.79 bits per heavy atom. The summed E-state index contributed by atoms with van der Waals surface area (Å²) in [6.45, 7) is 3.45. The van der Waals surface area contributed by atoms with Gasteiger partial charge in [0.15, 0.2) is 0 Å². The van der Waals surface area contributed by atoms with Crippen LogP contribution in [0.3, 0.4) is 0 Å². The first-order chi connectivity index (χ1) is 6.88. The molecule has 0 fully saturated rings. The number of hydrogen-bond donors (Lipinski definition) is 0. The lowest BCUT2D eigenvalue weighted by molar-refractivity contribution is 0.414. The zero-order valence-electron chi connectivity index (χ0n) is 8.16. The molecular formula is C13H12O. The normalized spacial score (nSPS) is 8.07. The maximum absolute atomic E-state index is 5.18. The summed E-state index contributed by atoms with van der Waals surface area (Å²) in [5.74, 6) is 0.844. The largest absolute Gasteiger partial charge is 0.496 e. The Balaban J connectivity index is 2.95. The molecule has 0 aromatic heterocycles. The second-order valence-electron chi connectivity index (χ2n) is 2.59. The van der Waals surface area contributed by atoms with Gasteiger partial charge in [-0.1, -0.05) is 24.8 Å². The van der Waals surface area contributed by atoms with Gasteiger partial charge in [0, 0.05) is 5.56 Å². The van der Waals surface area contributed by atoms with E-state index in [1.165, 1.54) is 0 Å². The van der Waals surface area contributed by atoms with Crippen molar-refractivity contribution in [2.75, 3.05) is 7.11 Å². The van der Waals surface area contributed by atoms with Crippen LogP contribution in [0.5, 0.6) is 5.75 Å². The predicted molar refractivity (Wildman–Crippen MR) is 59.3 cm³/mol. The maximum Gasteiger partial charge on any atom is 0.126 e. The number of methoxy groups -OCH3 is 1. The number of rotatable bonds is 3. The van der Waals surface area contributed by atoms with Crippen LogP contribution in [0.2, 0.25) is 0 Å². The fourth-order valence-corrected chi connectivity index (χ4v) is 1.03. The van der Waals surface area contributed by atoms with E-state index in [2.05, 4.69) is 18.0 Å². The Morgan fingerprint density at radius 2 is 2.07 bits per heavy atom. The van der Waals surface area contributed by atoms with E-state index >= 15 is 0 Å². The van der Waals surface area contributed by atoms with E-state index in [9.17, 15) is 0 Å². The molecule has 0 saturated carbocycles. The summed E-state index contributed by atoms with van der Waals surface area (Å²) in [5.41, 5.74) is 6.63. The summed E-state index contributed by atoms with van der Waals surface area (Å²) in [6.07, 6.45) is 5.30. The van der Waals surface area contributed by atoms with Crippen LogP contribution in [0, 0.1) is 0 Å². The van der Waals surface area contributed by atoms with E-state index in [1.807, 2.05) is 30.3 Å². The lowest BCUT2D eigenvalue weighted by atomic mass is 10.2. The number of benzene rings is 1. The highest BCUT2D eigenvalue weighted by molar-refractivity contribution is 5.56. The Bertz CT molecular complexity index is 403. The van der Waals surface area contributed by atoms with Crippen molar-refractivity contribution in [2.24, 2.45) is 0 Å². The average Bonchev–Trinajstić information content (AvgIpc) is 2.25. The average molecular weight is 184 g/mol. The molecule has 1 aromatic carbocycles. The molecule has 0 aliphatic carbocycles. The number of ether oxygens (including phenoxy) is 1. The molecule has 0 unspecified atom stereocenters. The third-order valence-electron chi connectivity index (χ3n) is 1.68. The molecule has 0 N–H and O–H groups in total. The van der Waals surface area contributed by atoms with Crippen LogP contribution in [-0.2, 0) is 0 Å². The molecule has 1 nitrogen and oxygen atoms in total. The van der Waals surface area contributed by atoms with Crippen molar-refractivity contribution in [1.82, 2.24) is 0 Å². The van der Waals surface area contributed by atoms with Gasteiger partial charge in [-0.05, 0) is 24.3 Å². The first-order valence-electron chi connectivity index (χ1n) is 4.28. The molecule has 0 saturated heterocycles. The van der Waals surface area contributed by atoms with E-state index < -0.39 is 0 Å². The molecule has 0 radical (unpaired) electrons. The molecule has 1 aromatic rings. The minimum atomic E-state index is 0.844. The van der Waals surface area contributed by atoms with Gasteiger partial charge in [0.05, 0.1) is 7.11 Å². The summed E-state index contributed by atoms with van der Waals surface area (Å²) < 4.78 is 5.18. The Hall–Kier alpha value is -1.94. The van der Waals surface area contributed by atoms with Gasteiger partial charge in [-0.15, -0.1) is 11.5 Å². The van der Waals surface area contributed by atoms with Crippen molar-refractivity contribution < 1.29 is 4.74 Å². The second kappa shape index (κ2) is 5.66. The zero-order chi connectivity index (χ0) is 10.2.